The van der Waals surface area contributed by atoms with Crippen molar-refractivity contribution in [2.75, 3.05) is 18.0 Å². The van der Waals surface area contributed by atoms with Gasteiger partial charge in [0.15, 0.2) is 0 Å². The van der Waals surface area contributed by atoms with Crippen molar-refractivity contribution in [3.8, 4) is 6.07 Å². The Morgan fingerprint density at radius 2 is 1.94 bits per heavy atom. The maximum absolute atomic E-state index is 13.4. The fourth-order valence-corrected chi connectivity index (χ4v) is 6.77. The molecule has 1 aromatic rings. The quantitative estimate of drug-likeness (QED) is 0.441. The van der Waals surface area contributed by atoms with Gasteiger partial charge >= 0.3 is 0 Å². The van der Waals surface area contributed by atoms with Gasteiger partial charge in [0.1, 0.15) is 21.8 Å². The van der Waals surface area contributed by atoms with E-state index >= 15 is 0 Å². The Bertz CT molecular complexity index is 1100. The van der Waals surface area contributed by atoms with Crippen molar-refractivity contribution in [3.63, 3.8) is 0 Å². The monoisotopic (exact) mass is 484 g/mol. The molecule has 1 aliphatic carbocycles. The van der Waals surface area contributed by atoms with Crippen LogP contribution in [-0.4, -0.2) is 38.8 Å². The number of hydrogen-bond donors (Lipinski definition) is 0. The molecule has 0 spiro atoms. The molecule has 0 aromatic carbocycles. The molecule has 1 atom stereocenters. The highest BCUT2D eigenvalue weighted by molar-refractivity contribution is 8.26. The molecule has 6 nitrogen and oxygen atoms in total. The van der Waals surface area contributed by atoms with Gasteiger partial charge in [-0.1, -0.05) is 50.7 Å². The van der Waals surface area contributed by atoms with Crippen molar-refractivity contribution in [3.05, 3.63) is 31.9 Å². The van der Waals surface area contributed by atoms with Crippen LogP contribution in [0.15, 0.2) is 9.70 Å². The van der Waals surface area contributed by atoms with Gasteiger partial charge < -0.3 is 4.90 Å². The molecule has 2 saturated heterocycles. The van der Waals surface area contributed by atoms with Gasteiger partial charge in [-0.05, 0) is 56.6 Å². The lowest BCUT2D eigenvalue weighted by Gasteiger charge is -2.36. The summed E-state index contributed by atoms with van der Waals surface area (Å²) in [5.74, 6) is 1.32. The second-order valence-electron chi connectivity index (χ2n) is 9.49. The van der Waals surface area contributed by atoms with Crippen molar-refractivity contribution in [2.45, 2.75) is 78.3 Å². The van der Waals surface area contributed by atoms with E-state index in [1.165, 1.54) is 18.2 Å². The Balaban J connectivity index is 1.87. The van der Waals surface area contributed by atoms with Gasteiger partial charge in [0.2, 0.25) is 0 Å². The molecule has 1 aromatic heterocycles. The van der Waals surface area contributed by atoms with Crippen LogP contribution in [0.2, 0.25) is 0 Å². The molecule has 4 rings (SSSR count). The predicted molar refractivity (Wildman–Crippen MR) is 138 cm³/mol. The summed E-state index contributed by atoms with van der Waals surface area (Å²) in [7, 11) is 0. The Kier molecular flexibility index (Phi) is 7.30. The topological polar surface area (TPSA) is 69.3 Å². The molecule has 3 aliphatic rings. The van der Waals surface area contributed by atoms with Gasteiger partial charge in [-0.3, -0.25) is 19.1 Å². The second-order valence-corrected chi connectivity index (χ2v) is 11.2. The van der Waals surface area contributed by atoms with Gasteiger partial charge in [-0.15, -0.1) is 0 Å². The number of aromatic nitrogens is 1. The standard InChI is InChI=1S/C25H32N4O2S2/c1-4-11-28-22(27-12-7-8-16(2)15-27)19(17(3)20(14-26)23(28)30)13-21-24(31)29(25(32)33-21)18-9-5-6-10-18/h13,16,18H,4-12,15H2,1-3H3/b21-13+. The molecule has 1 saturated carbocycles. The van der Waals surface area contributed by atoms with Gasteiger partial charge in [-0.25, -0.2) is 0 Å². The third-order valence-electron chi connectivity index (χ3n) is 7.04. The van der Waals surface area contributed by atoms with Crippen LogP contribution in [0.25, 0.3) is 6.08 Å². The summed E-state index contributed by atoms with van der Waals surface area (Å²) in [5.41, 5.74) is 1.38. The molecule has 2 aliphatic heterocycles. The van der Waals surface area contributed by atoms with Crippen molar-refractivity contribution in [2.24, 2.45) is 5.92 Å². The first-order valence-electron chi connectivity index (χ1n) is 12.1. The van der Waals surface area contributed by atoms with E-state index in [2.05, 4.69) is 17.9 Å². The average molecular weight is 485 g/mol. The number of thiocarbonyl (C=S) groups is 1. The third kappa shape index (κ3) is 4.50. The zero-order chi connectivity index (χ0) is 23.7. The van der Waals surface area contributed by atoms with E-state index in [4.69, 9.17) is 12.2 Å². The predicted octanol–water partition coefficient (Wildman–Crippen LogP) is 4.82. The van der Waals surface area contributed by atoms with E-state index in [9.17, 15) is 14.9 Å². The van der Waals surface area contributed by atoms with E-state index in [0.717, 1.165) is 63.0 Å². The Morgan fingerprint density at radius 1 is 1.21 bits per heavy atom. The highest BCUT2D eigenvalue weighted by atomic mass is 32.2. The van der Waals surface area contributed by atoms with E-state index in [0.29, 0.717) is 27.3 Å². The molecule has 3 heterocycles. The Morgan fingerprint density at radius 3 is 2.58 bits per heavy atom. The number of thioether (sulfide) groups is 1. The molecule has 33 heavy (non-hydrogen) atoms. The van der Waals surface area contributed by atoms with Crippen LogP contribution in [-0.2, 0) is 11.3 Å². The van der Waals surface area contributed by atoms with Gasteiger partial charge in [0.05, 0.1) is 4.91 Å². The van der Waals surface area contributed by atoms with E-state index < -0.39 is 0 Å². The van der Waals surface area contributed by atoms with Crippen LogP contribution in [0, 0.1) is 24.2 Å². The largest absolute Gasteiger partial charge is 0.357 e. The first-order valence-corrected chi connectivity index (χ1v) is 13.3. The fraction of sp³-hybridized carbons (Fsp3) is 0.600. The number of hydrogen-bond acceptors (Lipinski definition) is 6. The van der Waals surface area contributed by atoms with Crippen molar-refractivity contribution >= 4 is 46.1 Å². The number of rotatable bonds is 5. The summed E-state index contributed by atoms with van der Waals surface area (Å²) in [4.78, 5) is 31.3. The lowest BCUT2D eigenvalue weighted by molar-refractivity contribution is -0.123. The Labute approximate surface area is 205 Å². The van der Waals surface area contributed by atoms with Crippen LogP contribution < -0.4 is 10.5 Å². The highest BCUT2D eigenvalue weighted by Gasteiger charge is 2.38. The van der Waals surface area contributed by atoms with Crippen LogP contribution in [0.3, 0.4) is 0 Å². The molecule has 1 amide bonds. The lowest BCUT2D eigenvalue weighted by atomic mass is 9.98. The first kappa shape index (κ1) is 24.0. The van der Waals surface area contributed by atoms with E-state index in [1.807, 2.05) is 19.9 Å². The van der Waals surface area contributed by atoms with Crippen LogP contribution in [0.1, 0.15) is 75.5 Å². The number of nitrogens with zero attached hydrogens (tertiary/aromatic N) is 4. The smallest absolute Gasteiger partial charge is 0.270 e. The van der Waals surface area contributed by atoms with Crippen molar-refractivity contribution in [1.29, 1.82) is 5.26 Å². The van der Waals surface area contributed by atoms with Crippen LogP contribution >= 0.6 is 24.0 Å². The lowest BCUT2D eigenvalue weighted by Crippen LogP contribution is -2.40. The fourth-order valence-electron chi connectivity index (χ4n) is 5.39. The van der Waals surface area contributed by atoms with Gasteiger partial charge in [0.25, 0.3) is 11.5 Å². The summed E-state index contributed by atoms with van der Waals surface area (Å²) < 4.78 is 2.37. The molecule has 3 fully saturated rings. The zero-order valence-corrected chi connectivity index (χ0v) is 21.4. The molecule has 0 N–H and O–H groups in total. The number of carbonyl (C=O) groups excluding carboxylic acids is 1. The summed E-state index contributed by atoms with van der Waals surface area (Å²) in [5, 5.41) is 9.80. The van der Waals surface area contributed by atoms with E-state index in [-0.39, 0.29) is 23.1 Å². The number of piperidine rings is 1. The number of pyridine rings is 1. The minimum Gasteiger partial charge on any atom is -0.357 e. The summed E-state index contributed by atoms with van der Waals surface area (Å²) in [6.07, 6.45) is 9.15. The summed E-state index contributed by atoms with van der Waals surface area (Å²) in [6.45, 7) is 8.36. The zero-order valence-electron chi connectivity index (χ0n) is 19.7. The molecular formula is C25H32N4O2S2. The van der Waals surface area contributed by atoms with Crippen molar-refractivity contribution < 1.29 is 4.79 Å². The number of anilines is 1. The summed E-state index contributed by atoms with van der Waals surface area (Å²) >= 11 is 6.94. The number of amides is 1. The average Bonchev–Trinajstić information content (AvgIpc) is 3.40. The normalized spacial score (nSPS) is 23.1. The van der Waals surface area contributed by atoms with Gasteiger partial charge in [0, 0.05) is 31.2 Å². The first-order chi connectivity index (χ1) is 15.9. The summed E-state index contributed by atoms with van der Waals surface area (Å²) in [6, 6.07) is 2.32. The molecule has 1 unspecified atom stereocenters. The highest BCUT2D eigenvalue weighted by Crippen LogP contribution is 2.40. The van der Waals surface area contributed by atoms with Gasteiger partial charge in [-0.2, -0.15) is 5.26 Å². The van der Waals surface area contributed by atoms with Crippen LogP contribution in [0.4, 0.5) is 5.82 Å². The molecule has 0 radical (unpaired) electrons. The van der Waals surface area contributed by atoms with Crippen LogP contribution in [0.5, 0.6) is 0 Å². The maximum atomic E-state index is 13.4. The second kappa shape index (κ2) is 10.0. The molecular weight excluding hydrogens is 452 g/mol. The maximum Gasteiger partial charge on any atom is 0.270 e. The Hall–Kier alpha value is -2.11. The molecule has 176 valence electrons. The van der Waals surface area contributed by atoms with Crippen molar-refractivity contribution in [1.82, 2.24) is 9.47 Å². The molecule has 8 heteroatoms. The number of carbonyl (C=O) groups is 1. The minimum atomic E-state index is -0.235. The third-order valence-corrected chi connectivity index (χ3v) is 8.37. The van der Waals surface area contributed by atoms with E-state index in [1.54, 1.807) is 9.47 Å². The minimum absolute atomic E-state index is 0.0407. The SMILES string of the molecule is CCCn1c(N2CCCC(C)C2)c(/C=C2/SC(=S)N(C3CCCC3)C2=O)c(C)c(C#N)c1=O. The number of nitriles is 1. The molecule has 0 bridgehead atoms.